The van der Waals surface area contributed by atoms with Gasteiger partial charge in [-0.3, -0.25) is 4.79 Å². The van der Waals surface area contributed by atoms with Crippen LogP contribution in [0.25, 0.3) is 0 Å². The minimum atomic E-state index is -0.404. The topological polar surface area (TPSA) is 68.0 Å². The molecule has 1 aromatic rings. The van der Waals surface area contributed by atoms with Crippen LogP contribution < -0.4 is 11.1 Å². The Labute approximate surface area is 143 Å². The fourth-order valence-electron chi connectivity index (χ4n) is 2.65. The summed E-state index contributed by atoms with van der Waals surface area (Å²) in [7, 11) is 0. The third-order valence-corrected chi connectivity index (χ3v) is 5.01. The lowest BCUT2D eigenvalue weighted by molar-refractivity contribution is -0.123. The number of nitrogens with zero attached hydrogens (tertiary/aromatic N) is 1. The molecule has 0 unspecified atom stereocenters. The number of amides is 1. The van der Waals surface area contributed by atoms with Gasteiger partial charge in [-0.1, -0.05) is 6.42 Å². The second-order valence-corrected chi connectivity index (χ2v) is 7.24. The van der Waals surface area contributed by atoms with Crippen LogP contribution in [0.4, 0.5) is 0 Å². The zero-order valence-corrected chi connectivity index (χ0v) is 15.2. The lowest BCUT2D eigenvalue weighted by Crippen LogP contribution is -2.42. The van der Waals surface area contributed by atoms with E-state index in [1.54, 1.807) is 11.3 Å². The van der Waals surface area contributed by atoms with Crippen LogP contribution in [0, 0.1) is 12.8 Å². The molecular weight excluding hydrogens is 329 g/mol. The average molecular weight is 354 g/mol. The number of thiazole rings is 1. The van der Waals surface area contributed by atoms with Gasteiger partial charge in [-0.15, -0.1) is 36.2 Å². The van der Waals surface area contributed by atoms with Crippen molar-refractivity contribution < 1.29 is 4.79 Å². The van der Waals surface area contributed by atoms with Gasteiger partial charge in [-0.25, -0.2) is 4.98 Å². The van der Waals surface area contributed by atoms with Gasteiger partial charge in [0.05, 0.1) is 5.54 Å². The van der Waals surface area contributed by atoms with Crippen molar-refractivity contribution in [3.63, 3.8) is 0 Å². The second kappa shape index (κ2) is 8.32. The first-order valence-corrected chi connectivity index (χ1v) is 7.69. The zero-order valence-electron chi connectivity index (χ0n) is 12.7. The summed E-state index contributed by atoms with van der Waals surface area (Å²) in [5.74, 6) is 0.425. The van der Waals surface area contributed by atoms with Crippen molar-refractivity contribution in [2.45, 2.75) is 58.0 Å². The molecule has 0 aliphatic heterocycles. The van der Waals surface area contributed by atoms with Crippen molar-refractivity contribution in [2.75, 3.05) is 0 Å². The molecule has 0 bridgehead atoms. The molecule has 4 nitrogen and oxygen atoms in total. The number of aryl methyl sites for hydroxylation is 1. The summed E-state index contributed by atoms with van der Waals surface area (Å²) in [6.07, 6.45) is 5.66. The van der Waals surface area contributed by atoms with Crippen molar-refractivity contribution in [1.29, 1.82) is 0 Å². The normalized spacial score (nSPS) is 21.3. The Morgan fingerprint density at radius 2 is 2.14 bits per heavy atom. The molecule has 1 fully saturated rings. The van der Waals surface area contributed by atoms with Crippen molar-refractivity contribution >= 4 is 42.1 Å². The van der Waals surface area contributed by atoms with E-state index in [1.165, 1.54) is 0 Å². The predicted octanol–water partition coefficient (Wildman–Crippen LogP) is 3.16. The SMILES string of the molecule is Cc1cnc(C(C)(C)NC(=O)C[C@@H]2CCC[C@H]2N)s1.Cl.Cl. The minimum Gasteiger partial charge on any atom is -0.345 e. The van der Waals surface area contributed by atoms with Gasteiger partial charge in [0.1, 0.15) is 5.01 Å². The van der Waals surface area contributed by atoms with Crippen LogP contribution in [-0.2, 0) is 10.3 Å². The Hall–Kier alpha value is -0.360. The van der Waals surface area contributed by atoms with Gasteiger partial charge < -0.3 is 11.1 Å². The van der Waals surface area contributed by atoms with E-state index in [9.17, 15) is 4.79 Å². The molecule has 1 saturated carbocycles. The fraction of sp³-hybridized carbons (Fsp3) is 0.714. The summed E-state index contributed by atoms with van der Waals surface area (Å²) in [6.45, 7) is 6.02. The van der Waals surface area contributed by atoms with E-state index in [0.717, 1.165) is 29.1 Å². The van der Waals surface area contributed by atoms with E-state index < -0.39 is 5.54 Å². The van der Waals surface area contributed by atoms with Crippen molar-refractivity contribution in [1.82, 2.24) is 10.3 Å². The second-order valence-electron chi connectivity index (χ2n) is 6.01. The van der Waals surface area contributed by atoms with Crippen LogP contribution in [0.2, 0.25) is 0 Å². The minimum absolute atomic E-state index is 0. The van der Waals surface area contributed by atoms with Crippen LogP contribution in [0.3, 0.4) is 0 Å². The van der Waals surface area contributed by atoms with Crippen LogP contribution in [0.5, 0.6) is 0 Å². The summed E-state index contributed by atoms with van der Waals surface area (Å²) >= 11 is 1.63. The van der Waals surface area contributed by atoms with Crippen LogP contribution in [-0.4, -0.2) is 16.9 Å². The zero-order chi connectivity index (χ0) is 14.0. The molecule has 122 valence electrons. The molecule has 0 saturated heterocycles. The van der Waals surface area contributed by atoms with Crippen LogP contribution >= 0.6 is 36.2 Å². The van der Waals surface area contributed by atoms with E-state index in [1.807, 2.05) is 27.0 Å². The Bertz CT molecular complexity index is 465. The van der Waals surface area contributed by atoms with Crippen LogP contribution in [0.15, 0.2) is 6.20 Å². The maximum Gasteiger partial charge on any atom is 0.221 e. The maximum absolute atomic E-state index is 12.2. The predicted molar refractivity (Wildman–Crippen MR) is 92.4 cm³/mol. The quantitative estimate of drug-likeness (QED) is 0.873. The third-order valence-electron chi connectivity index (χ3n) is 3.77. The molecule has 1 aliphatic carbocycles. The van der Waals surface area contributed by atoms with E-state index >= 15 is 0 Å². The first kappa shape index (κ1) is 20.6. The molecule has 0 radical (unpaired) electrons. The standard InChI is InChI=1S/C14H23N3OS.2ClH/c1-9-8-16-13(19-9)14(2,3)17-12(18)7-10-5-4-6-11(10)15;;/h8,10-11H,4-7,15H2,1-3H3,(H,17,18);2*1H/t10-,11+;;/m0../s1. The highest BCUT2D eigenvalue weighted by atomic mass is 35.5. The van der Waals surface area contributed by atoms with Crippen molar-refractivity contribution in [3.05, 3.63) is 16.1 Å². The summed E-state index contributed by atoms with van der Waals surface area (Å²) in [5, 5.41) is 4.04. The molecule has 1 heterocycles. The molecule has 0 aromatic carbocycles. The molecular formula is C14H25Cl2N3OS. The Morgan fingerprint density at radius 3 is 2.62 bits per heavy atom. The van der Waals surface area contributed by atoms with Gasteiger partial charge in [-0.05, 0) is 39.5 Å². The summed E-state index contributed by atoms with van der Waals surface area (Å²) in [4.78, 5) is 17.7. The summed E-state index contributed by atoms with van der Waals surface area (Å²) in [6, 6.07) is 0.191. The maximum atomic E-state index is 12.2. The van der Waals surface area contributed by atoms with E-state index in [2.05, 4.69) is 10.3 Å². The highest BCUT2D eigenvalue weighted by Crippen LogP contribution is 2.28. The first-order chi connectivity index (χ1) is 8.88. The summed E-state index contributed by atoms with van der Waals surface area (Å²) in [5.41, 5.74) is 5.61. The molecule has 2 atom stereocenters. The van der Waals surface area contributed by atoms with Gasteiger partial charge >= 0.3 is 0 Å². The molecule has 21 heavy (non-hydrogen) atoms. The number of aromatic nitrogens is 1. The molecule has 2 rings (SSSR count). The number of halogens is 2. The van der Waals surface area contributed by atoms with Gasteiger partial charge in [-0.2, -0.15) is 0 Å². The van der Waals surface area contributed by atoms with Crippen LogP contribution in [0.1, 0.15) is 49.4 Å². The average Bonchev–Trinajstić information content (AvgIpc) is 2.88. The lowest BCUT2D eigenvalue weighted by Gasteiger charge is -2.25. The molecule has 3 N–H and O–H groups in total. The third kappa shape index (κ3) is 5.40. The highest BCUT2D eigenvalue weighted by molar-refractivity contribution is 7.11. The van der Waals surface area contributed by atoms with E-state index in [4.69, 9.17) is 5.73 Å². The number of carbonyl (C=O) groups excluding carboxylic acids is 1. The summed E-state index contributed by atoms with van der Waals surface area (Å²) < 4.78 is 0. The Morgan fingerprint density at radius 1 is 1.48 bits per heavy atom. The Kier molecular flexibility index (Phi) is 8.18. The monoisotopic (exact) mass is 353 g/mol. The van der Waals surface area contributed by atoms with Crippen molar-refractivity contribution in [2.24, 2.45) is 11.7 Å². The largest absolute Gasteiger partial charge is 0.345 e. The van der Waals surface area contributed by atoms with Gasteiger partial charge in [0, 0.05) is 23.5 Å². The number of rotatable bonds is 4. The molecule has 1 aromatic heterocycles. The lowest BCUT2D eigenvalue weighted by atomic mass is 9.98. The smallest absolute Gasteiger partial charge is 0.221 e. The highest BCUT2D eigenvalue weighted by Gasteiger charge is 2.30. The number of carbonyl (C=O) groups is 1. The molecule has 1 aliphatic rings. The van der Waals surface area contributed by atoms with Gasteiger partial charge in [0.2, 0.25) is 5.91 Å². The van der Waals surface area contributed by atoms with E-state index in [-0.39, 0.29) is 36.8 Å². The van der Waals surface area contributed by atoms with Crippen molar-refractivity contribution in [3.8, 4) is 0 Å². The number of nitrogens with one attached hydrogen (secondary N) is 1. The number of nitrogens with two attached hydrogens (primary N) is 1. The Balaban J connectivity index is 0.00000200. The van der Waals surface area contributed by atoms with E-state index in [0.29, 0.717) is 12.3 Å². The fourth-order valence-corrected chi connectivity index (χ4v) is 3.48. The number of hydrogen-bond acceptors (Lipinski definition) is 4. The molecule has 7 heteroatoms. The van der Waals surface area contributed by atoms with Gasteiger partial charge in [0.25, 0.3) is 0 Å². The first-order valence-electron chi connectivity index (χ1n) is 6.88. The number of hydrogen-bond donors (Lipinski definition) is 2. The molecule has 1 amide bonds. The molecule has 0 spiro atoms. The van der Waals surface area contributed by atoms with Gasteiger partial charge in [0.15, 0.2) is 0 Å².